The lowest BCUT2D eigenvalue weighted by atomic mass is 10.1. The van der Waals surface area contributed by atoms with E-state index in [1.807, 2.05) is 42.2 Å². The summed E-state index contributed by atoms with van der Waals surface area (Å²) in [6, 6.07) is 13.1. The van der Waals surface area contributed by atoms with Crippen molar-refractivity contribution in [3.05, 3.63) is 53.6 Å². The Morgan fingerprint density at radius 2 is 1.97 bits per heavy atom. The summed E-state index contributed by atoms with van der Waals surface area (Å²) >= 11 is 0. The van der Waals surface area contributed by atoms with Crippen molar-refractivity contribution in [1.82, 2.24) is 15.3 Å². The van der Waals surface area contributed by atoms with Crippen LogP contribution in [0.2, 0.25) is 0 Å². The van der Waals surface area contributed by atoms with E-state index in [4.69, 9.17) is 14.7 Å². The molecule has 9 nitrogen and oxygen atoms in total. The first-order chi connectivity index (χ1) is 16.8. The van der Waals surface area contributed by atoms with Crippen LogP contribution in [-0.2, 0) is 21.1 Å². The van der Waals surface area contributed by atoms with Crippen LogP contribution in [0.4, 0.5) is 16.6 Å². The Morgan fingerprint density at radius 1 is 1.17 bits per heavy atom. The van der Waals surface area contributed by atoms with Gasteiger partial charge >= 0.3 is 6.09 Å². The summed E-state index contributed by atoms with van der Waals surface area (Å²) in [5.41, 5.74) is 2.23. The first-order valence-corrected chi connectivity index (χ1v) is 13.5. The van der Waals surface area contributed by atoms with Gasteiger partial charge in [0.1, 0.15) is 5.82 Å². The number of ether oxygens (including phenoxy) is 1. The number of rotatable bonds is 6. The number of carbonyl (C=O) groups excluding carboxylic acids is 1. The first kappa shape index (κ1) is 23.3. The molecule has 1 fully saturated rings. The molecule has 2 heterocycles. The maximum Gasteiger partial charge on any atom is 0.407 e. The number of nitrogens with one attached hydrogen (secondary N) is 2. The van der Waals surface area contributed by atoms with E-state index < -0.39 is 15.9 Å². The molecule has 35 heavy (non-hydrogen) atoms. The van der Waals surface area contributed by atoms with Crippen molar-refractivity contribution in [1.29, 1.82) is 0 Å². The van der Waals surface area contributed by atoms with Crippen molar-refractivity contribution in [2.45, 2.75) is 43.7 Å². The Morgan fingerprint density at radius 3 is 2.74 bits per heavy atom. The van der Waals surface area contributed by atoms with Gasteiger partial charge in [0.2, 0.25) is 5.95 Å². The topological polar surface area (TPSA) is 114 Å². The van der Waals surface area contributed by atoms with Crippen LogP contribution in [0.3, 0.4) is 0 Å². The lowest BCUT2D eigenvalue weighted by Crippen LogP contribution is -2.42. The number of aryl methyl sites for hydroxylation is 1. The quantitative estimate of drug-likeness (QED) is 0.535. The third-order valence-corrected chi connectivity index (χ3v) is 8.30. The minimum Gasteiger partial charge on any atom is -0.450 e. The number of hydrogen-bond acceptors (Lipinski definition) is 8. The standard InChI is InChI=1S/C25H29N5O4S/c1-3-34-24(31)29-25(10-11-25)16-26-22-19-14-17(2)8-9-20(19)27-23(28-22)30-12-13-35(32,33)21-7-5-4-6-18(21)15-30/h4-9,14H,3,10-13,15-16H2,1-2H3,(H,29,31)(H,26,27,28). The largest absolute Gasteiger partial charge is 0.450 e. The van der Waals surface area contributed by atoms with Crippen LogP contribution in [0.15, 0.2) is 47.4 Å². The predicted octanol–water partition coefficient (Wildman–Crippen LogP) is 3.42. The summed E-state index contributed by atoms with van der Waals surface area (Å²) in [7, 11) is -3.38. The highest BCUT2D eigenvalue weighted by atomic mass is 32.2. The molecule has 0 spiro atoms. The normalized spacial score (nSPS) is 17.8. The van der Waals surface area contributed by atoms with Gasteiger partial charge in [0.15, 0.2) is 9.84 Å². The summed E-state index contributed by atoms with van der Waals surface area (Å²) < 4.78 is 30.7. The Hall–Kier alpha value is -3.40. The van der Waals surface area contributed by atoms with Crippen LogP contribution in [0.25, 0.3) is 10.9 Å². The summed E-state index contributed by atoms with van der Waals surface area (Å²) in [5, 5.41) is 7.27. The Balaban J connectivity index is 1.47. The summed E-state index contributed by atoms with van der Waals surface area (Å²) in [5.74, 6) is 1.12. The van der Waals surface area contributed by atoms with Gasteiger partial charge in [-0.2, -0.15) is 4.98 Å². The summed E-state index contributed by atoms with van der Waals surface area (Å²) in [6.07, 6.45) is 1.29. The zero-order chi connectivity index (χ0) is 24.6. The van der Waals surface area contributed by atoms with Crippen molar-refractivity contribution in [3.8, 4) is 0 Å². The molecule has 1 amide bonds. The number of hydrogen-bond donors (Lipinski definition) is 2. The van der Waals surface area contributed by atoms with Gasteiger partial charge in [0.05, 0.1) is 28.3 Å². The number of alkyl carbamates (subject to hydrolysis) is 1. The van der Waals surface area contributed by atoms with Crippen LogP contribution in [0.1, 0.15) is 30.9 Å². The van der Waals surface area contributed by atoms with E-state index >= 15 is 0 Å². The monoisotopic (exact) mass is 495 g/mol. The molecule has 1 aliphatic carbocycles. The second kappa shape index (κ2) is 8.99. The molecule has 0 radical (unpaired) electrons. The fourth-order valence-corrected chi connectivity index (χ4v) is 5.87. The van der Waals surface area contributed by atoms with Crippen LogP contribution in [0.5, 0.6) is 0 Å². The highest BCUT2D eigenvalue weighted by Crippen LogP contribution is 2.36. The van der Waals surface area contributed by atoms with Crippen molar-refractivity contribution < 1.29 is 17.9 Å². The Kier molecular flexibility index (Phi) is 6.00. The van der Waals surface area contributed by atoms with E-state index in [0.29, 0.717) is 42.9 Å². The zero-order valence-corrected chi connectivity index (χ0v) is 20.7. The van der Waals surface area contributed by atoms with Gasteiger partial charge in [-0.1, -0.05) is 29.8 Å². The molecule has 0 bridgehead atoms. The van der Waals surface area contributed by atoms with Crippen molar-refractivity contribution >= 4 is 38.6 Å². The van der Waals surface area contributed by atoms with E-state index in [9.17, 15) is 13.2 Å². The van der Waals surface area contributed by atoms with E-state index in [-0.39, 0.29) is 11.3 Å². The Bertz CT molecular complexity index is 1390. The molecule has 10 heteroatoms. The van der Waals surface area contributed by atoms with Gasteiger partial charge in [-0.25, -0.2) is 18.2 Å². The molecule has 0 saturated heterocycles. The van der Waals surface area contributed by atoms with Crippen molar-refractivity contribution in [3.63, 3.8) is 0 Å². The molecule has 2 aliphatic rings. The van der Waals surface area contributed by atoms with Gasteiger partial charge in [-0.05, 0) is 50.5 Å². The second-order valence-corrected chi connectivity index (χ2v) is 11.3. The SMILES string of the molecule is CCOC(=O)NC1(CNc2nc(N3CCS(=O)(=O)c4ccccc4C3)nc3ccc(C)cc23)CC1. The molecule has 2 aromatic carbocycles. The average molecular weight is 496 g/mol. The molecular weight excluding hydrogens is 466 g/mol. The molecule has 1 aliphatic heterocycles. The number of nitrogens with zero attached hydrogens (tertiary/aromatic N) is 3. The summed E-state index contributed by atoms with van der Waals surface area (Å²) in [6.45, 7) is 5.31. The molecule has 184 valence electrons. The number of fused-ring (bicyclic) bond motifs is 2. The smallest absolute Gasteiger partial charge is 0.407 e. The van der Waals surface area contributed by atoms with Crippen LogP contribution < -0.4 is 15.5 Å². The highest BCUT2D eigenvalue weighted by Gasteiger charge is 2.44. The lowest BCUT2D eigenvalue weighted by molar-refractivity contribution is 0.147. The van der Waals surface area contributed by atoms with Crippen LogP contribution in [-0.4, -0.2) is 55.5 Å². The lowest BCUT2D eigenvalue weighted by Gasteiger charge is -2.23. The van der Waals surface area contributed by atoms with Gasteiger partial charge in [0, 0.05) is 25.0 Å². The number of carbonyl (C=O) groups is 1. The molecule has 0 atom stereocenters. The predicted molar refractivity (Wildman–Crippen MR) is 134 cm³/mol. The second-order valence-electron chi connectivity index (χ2n) is 9.22. The fourth-order valence-electron chi connectivity index (χ4n) is 4.37. The van der Waals surface area contributed by atoms with Gasteiger partial charge in [-0.15, -0.1) is 0 Å². The maximum absolute atomic E-state index is 12.8. The first-order valence-electron chi connectivity index (χ1n) is 11.8. The third kappa shape index (κ3) is 4.88. The number of sulfone groups is 1. The Labute approximate surface area is 204 Å². The van der Waals surface area contributed by atoms with E-state index in [0.717, 1.165) is 34.9 Å². The van der Waals surface area contributed by atoms with Crippen molar-refractivity contribution in [2.24, 2.45) is 0 Å². The van der Waals surface area contributed by atoms with Crippen LogP contribution >= 0.6 is 0 Å². The number of aromatic nitrogens is 2. The molecule has 5 rings (SSSR count). The van der Waals surface area contributed by atoms with Gasteiger partial charge < -0.3 is 20.3 Å². The molecule has 1 saturated carbocycles. The average Bonchev–Trinajstić information content (AvgIpc) is 3.61. The minimum absolute atomic E-state index is 0.00532. The van der Waals surface area contributed by atoms with E-state index in [2.05, 4.69) is 10.6 Å². The number of benzene rings is 2. The number of anilines is 2. The highest BCUT2D eigenvalue weighted by molar-refractivity contribution is 7.91. The van der Waals surface area contributed by atoms with Gasteiger partial charge in [0.25, 0.3) is 0 Å². The maximum atomic E-state index is 12.8. The number of amides is 1. The van der Waals surface area contributed by atoms with E-state index in [1.165, 1.54) is 0 Å². The van der Waals surface area contributed by atoms with Crippen LogP contribution in [0, 0.1) is 6.92 Å². The molecule has 1 aromatic heterocycles. The zero-order valence-electron chi connectivity index (χ0n) is 19.9. The molecule has 2 N–H and O–H groups in total. The molecule has 0 unspecified atom stereocenters. The van der Waals surface area contributed by atoms with E-state index in [1.54, 1.807) is 19.1 Å². The molecule has 3 aromatic rings. The molecular formula is C25H29N5O4S. The van der Waals surface area contributed by atoms with Crippen molar-refractivity contribution in [2.75, 3.05) is 35.7 Å². The summed E-state index contributed by atoms with van der Waals surface area (Å²) in [4.78, 5) is 23.9. The fraction of sp³-hybridized carbons (Fsp3) is 0.400. The third-order valence-electron chi connectivity index (χ3n) is 6.51. The van der Waals surface area contributed by atoms with Gasteiger partial charge in [-0.3, -0.25) is 0 Å². The minimum atomic E-state index is -3.38.